The normalized spacial score (nSPS) is 16.7. The van der Waals surface area contributed by atoms with Crippen molar-refractivity contribution < 1.29 is 15.3 Å². The zero-order valence-corrected chi connectivity index (χ0v) is 9.53. The SMILES string of the molecule is CC(C)(C)CCC(O)CC(O)CCO. The molecule has 0 spiro atoms. The Morgan fingerprint density at radius 3 is 1.93 bits per heavy atom. The first-order valence-electron chi connectivity index (χ1n) is 5.32. The van der Waals surface area contributed by atoms with Crippen molar-refractivity contribution in [2.45, 2.75) is 58.7 Å². The van der Waals surface area contributed by atoms with Gasteiger partial charge in [-0.25, -0.2) is 0 Å². The first-order valence-corrected chi connectivity index (χ1v) is 5.32. The van der Waals surface area contributed by atoms with E-state index in [2.05, 4.69) is 20.8 Å². The molecule has 3 heteroatoms. The fourth-order valence-electron chi connectivity index (χ4n) is 1.30. The van der Waals surface area contributed by atoms with Crippen molar-refractivity contribution in [1.82, 2.24) is 0 Å². The zero-order chi connectivity index (χ0) is 11.2. The number of aliphatic hydroxyl groups excluding tert-OH is 3. The molecule has 0 aliphatic carbocycles. The predicted molar refractivity (Wildman–Crippen MR) is 57.0 cm³/mol. The molecule has 0 aromatic carbocycles. The summed E-state index contributed by atoms with van der Waals surface area (Å²) in [6.07, 6.45) is 1.36. The van der Waals surface area contributed by atoms with E-state index in [1.165, 1.54) is 0 Å². The van der Waals surface area contributed by atoms with Crippen LogP contribution in [0.15, 0.2) is 0 Å². The van der Waals surface area contributed by atoms with E-state index in [0.29, 0.717) is 19.3 Å². The van der Waals surface area contributed by atoms with Gasteiger partial charge in [0.2, 0.25) is 0 Å². The minimum absolute atomic E-state index is 0.0207. The zero-order valence-electron chi connectivity index (χ0n) is 9.53. The van der Waals surface area contributed by atoms with Crippen molar-refractivity contribution in [1.29, 1.82) is 0 Å². The number of aliphatic hydroxyl groups is 3. The van der Waals surface area contributed by atoms with Gasteiger partial charge in [0.15, 0.2) is 0 Å². The Morgan fingerprint density at radius 1 is 1.00 bits per heavy atom. The molecule has 86 valence electrons. The van der Waals surface area contributed by atoms with E-state index >= 15 is 0 Å². The van der Waals surface area contributed by atoms with Crippen LogP contribution in [0.3, 0.4) is 0 Å². The van der Waals surface area contributed by atoms with E-state index < -0.39 is 12.2 Å². The summed E-state index contributed by atoms with van der Waals surface area (Å²) in [5.74, 6) is 0. The Labute approximate surface area is 86.8 Å². The number of hydrogen-bond acceptors (Lipinski definition) is 3. The van der Waals surface area contributed by atoms with Crippen LogP contribution in [0.5, 0.6) is 0 Å². The highest BCUT2D eigenvalue weighted by molar-refractivity contribution is 4.68. The second kappa shape index (κ2) is 6.38. The summed E-state index contributed by atoms with van der Waals surface area (Å²) in [7, 11) is 0. The lowest BCUT2D eigenvalue weighted by molar-refractivity contribution is 0.0547. The van der Waals surface area contributed by atoms with Crippen LogP contribution in [0.1, 0.15) is 46.5 Å². The molecule has 3 N–H and O–H groups in total. The quantitative estimate of drug-likeness (QED) is 0.611. The van der Waals surface area contributed by atoms with Gasteiger partial charge in [0, 0.05) is 6.61 Å². The lowest BCUT2D eigenvalue weighted by atomic mass is 9.88. The third-order valence-corrected chi connectivity index (χ3v) is 2.23. The highest BCUT2D eigenvalue weighted by Gasteiger charge is 2.16. The van der Waals surface area contributed by atoms with Crippen LogP contribution in [0.2, 0.25) is 0 Å². The molecule has 14 heavy (non-hydrogen) atoms. The molecule has 0 fully saturated rings. The first-order chi connectivity index (χ1) is 6.35. The average Bonchev–Trinajstić information content (AvgIpc) is 2.00. The highest BCUT2D eigenvalue weighted by atomic mass is 16.3. The molecule has 2 unspecified atom stereocenters. The molecule has 2 atom stereocenters. The topological polar surface area (TPSA) is 60.7 Å². The van der Waals surface area contributed by atoms with Crippen LogP contribution < -0.4 is 0 Å². The van der Waals surface area contributed by atoms with Gasteiger partial charge in [-0.2, -0.15) is 0 Å². The summed E-state index contributed by atoms with van der Waals surface area (Å²) in [6.45, 7) is 6.37. The van der Waals surface area contributed by atoms with Crippen LogP contribution in [-0.4, -0.2) is 34.1 Å². The predicted octanol–water partition coefficient (Wildman–Crippen LogP) is 1.31. The fraction of sp³-hybridized carbons (Fsp3) is 1.00. The minimum Gasteiger partial charge on any atom is -0.396 e. The molecule has 0 saturated heterocycles. The van der Waals surface area contributed by atoms with Gasteiger partial charge in [-0.1, -0.05) is 20.8 Å². The van der Waals surface area contributed by atoms with E-state index in [1.54, 1.807) is 0 Å². The van der Waals surface area contributed by atoms with Crippen molar-refractivity contribution in [3.05, 3.63) is 0 Å². The smallest absolute Gasteiger partial charge is 0.0586 e. The van der Waals surface area contributed by atoms with Gasteiger partial charge in [0.25, 0.3) is 0 Å². The molecule has 0 heterocycles. The summed E-state index contributed by atoms with van der Waals surface area (Å²) < 4.78 is 0. The van der Waals surface area contributed by atoms with Crippen molar-refractivity contribution >= 4 is 0 Å². The molecular weight excluding hydrogens is 180 g/mol. The Kier molecular flexibility index (Phi) is 6.33. The summed E-state index contributed by atoms with van der Waals surface area (Å²) >= 11 is 0. The molecule has 0 rings (SSSR count). The molecule has 0 aromatic rings. The summed E-state index contributed by atoms with van der Waals surface area (Å²) in [4.78, 5) is 0. The molecule has 0 saturated carbocycles. The van der Waals surface area contributed by atoms with Crippen molar-refractivity contribution in [3.63, 3.8) is 0 Å². The Bertz CT molecular complexity index is 140. The van der Waals surface area contributed by atoms with E-state index in [1.807, 2.05) is 0 Å². The van der Waals surface area contributed by atoms with Crippen LogP contribution in [-0.2, 0) is 0 Å². The maximum Gasteiger partial charge on any atom is 0.0586 e. The van der Waals surface area contributed by atoms with Gasteiger partial charge >= 0.3 is 0 Å². The molecular formula is C11H24O3. The van der Waals surface area contributed by atoms with Crippen LogP contribution in [0.4, 0.5) is 0 Å². The summed E-state index contributed by atoms with van der Waals surface area (Å²) in [5, 5.41) is 27.5. The van der Waals surface area contributed by atoms with Gasteiger partial charge in [0.1, 0.15) is 0 Å². The van der Waals surface area contributed by atoms with Crippen LogP contribution >= 0.6 is 0 Å². The number of rotatable bonds is 6. The molecule has 3 nitrogen and oxygen atoms in total. The molecule has 0 bridgehead atoms. The van der Waals surface area contributed by atoms with Gasteiger partial charge in [-0.15, -0.1) is 0 Å². The van der Waals surface area contributed by atoms with E-state index in [0.717, 1.165) is 6.42 Å². The van der Waals surface area contributed by atoms with E-state index in [9.17, 15) is 10.2 Å². The Morgan fingerprint density at radius 2 is 1.50 bits per heavy atom. The lowest BCUT2D eigenvalue weighted by Crippen LogP contribution is -2.20. The maximum atomic E-state index is 9.57. The van der Waals surface area contributed by atoms with Gasteiger partial charge in [0.05, 0.1) is 12.2 Å². The summed E-state index contributed by atoms with van der Waals surface area (Å²) in [5.41, 5.74) is 0.225. The molecule has 0 aliphatic rings. The first kappa shape index (κ1) is 13.9. The fourth-order valence-corrected chi connectivity index (χ4v) is 1.30. The average molecular weight is 204 g/mol. The van der Waals surface area contributed by atoms with Crippen LogP contribution in [0, 0.1) is 5.41 Å². The summed E-state index contributed by atoms with van der Waals surface area (Å²) in [6, 6.07) is 0. The molecule has 0 amide bonds. The van der Waals surface area contributed by atoms with Crippen molar-refractivity contribution in [3.8, 4) is 0 Å². The Hall–Kier alpha value is -0.120. The van der Waals surface area contributed by atoms with Crippen LogP contribution in [0.25, 0.3) is 0 Å². The van der Waals surface area contributed by atoms with E-state index in [-0.39, 0.29) is 12.0 Å². The Balaban J connectivity index is 3.59. The molecule has 0 aliphatic heterocycles. The molecule has 0 radical (unpaired) electrons. The second-order valence-corrected chi connectivity index (χ2v) is 5.15. The second-order valence-electron chi connectivity index (χ2n) is 5.15. The molecule has 0 aromatic heterocycles. The van der Waals surface area contributed by atoms with Gasteiger partial charge < -0.3 is 15.3 Å². The van der Waals surface area contributed by atoms with E-state index in [4.69, 9.17) is 5.11 Å². The number of hydrogen-bond donors (Lipinski definition) is 3. The largest absolute Gasteiger partial charge is 0.396 e. The van der Waals surface area contributed by atoms with Crippen molar-refractivity contribution in [2.75, 3.05) is 6.61 Å². The third-order valence-electron chi connectivity index (χ3n) is 2.23. The third kappa shape index (κ3) is 8.48. The monoisotopic (exact) mass is 204 g/mol. The standard InChI is InChI=1S/C11H24O3/c1-11(2,3)6-4-9(13)8-10(14)5-7-12/h9-10,12-14H,4-8H2,1-3H3. The lowest BCUT2D eigenvalue weighted by Gasteiger charge is -2.21. The van der Waals surface area contributed by atoms with Gasteiger partial charge in [-0.05, 0) is 31.1 Å². The minimum atomic E-state index is -0.574. The van der Waals surface area contributed by atoms with Crippen molar-refractivity contribution in [2.24, 2.45) is 5.41 Å². The maximum absolute atomic E-state index is 9.57. The highest BCUT2D eigenvalue weighted by Crippen LogP contribution is 2.22. The van der Waals surface area contributed by atoms with Gasteiger partial charge in [-0.3, -0.25) is 0 Å².